The number of amides is 1. The number of carbonyl (C=O) groups is 2. The van der Waals surface area contributed by atoms with E-state index in [9.17, 15) is 14.7 Å². The molecule has 1 amide bonds. The summed E-state index contributed by atoms with van der Waals surface area (Å²) in [6.07, 6.45) is 0.858. The third-order valence-corrected chi connectivity index (χ3v) is 5.85. The average Bonchev–Trinajstić information content (AvgIpc) is 3.35. The molecule has 1 atom stereocenters. The zero-order valence-corrected chi connectivity index (χ0v) is 19.2. The van der Waals surface area contributed by atoms with Gasteiger partial charge in [0.2, 0.25) is 0 Å². The molecule has 0 saturated carbocycles. The van der Waals surface area contributed by atoms with Crippen LogP contribution in [0.25, 0.3) is 5.76 Å². The molecule has 2 heterocycles. The molecule has 1 unspecified atom stereocenters. The first kappa shape index (κ1) is 22.4. The van der Waals surface area contributed by atoms with Gasteiger partial charge in [0.1, 0.15) is 29.1 Å². The van der Waals surface area contributed by atoms with Crippen LogP contribution < -0.4 is 9.64 Å². The summed E-state index contributed by atoms with van der Waals surface area (Å²) in [6.45, 7) is 8.12. The zero-order valence-electron chi connectivity index (χ0n) is 19.2. The van der Waals surface area contributed by atoms with Crippen LogP contribution in [0.1, 0.15) is 48.1 Å². The van der Waals surface area contributed by atoms with Gasteiger partial charge < -0.3 is 14.3 Å². The Kier molecular flexibility index (Phi) is 6.09. The summed E-state index contributed by atoms with van der Waals surface area (Å²) in [5, 5.41) is 11.2. The molecular weight excluding hydrogens is 418 g/mol. The maximum atomic E-state index is 13.2. The maximum Gasteiger partial charge on any atom is 0.300 e. The lowest BCUT2D eigenvalue weighted by Gasteiger charge is -2.23. The van der Waals surface area contributed by atoms with Crippen molar-refractivity contribution in [2.75, 3.05) is 11.5 Å². The molecule has 0 aliphatic carbocycles. The van der Waals surface area contributed by atoms with Gasteiger partial charge in [0.25, 0.3) is 11.7 Å². The summed E-state index contributed by atoms with van der Waals surface area (Å²) in [4.78, 5) is 27.8. The predicted molar refractivity (Wildman–Crippen MR) is 126 cm³/mol. The molecule has 1 aliphatic rings. The average molecular weight is 446 g/mol. The van der Waals surface area contributed by atoms with E-state index in [0.29, 0.717) is 35.1 Å². The Morgan fingerprint density at radius 1 is 1.03 bits per heavy atom. The van der Waals surface area contributed by atoms with Crippen molar-refractivity contribution in [1.82, 2.24) is 0 Å². The van der Waals surface area contributed by atoms with E-state index in [1.54, 1.807) is 37.3 Å². The first-order valence-electron chi connectivity index (χ1n) is 11.1. The molecular formula is C27H27NO5. The lowest BCUT2D eigenvalue weighted by Crippen LogP contribution is -2.29. The summed E-state index contributed by atoms with van der Waals surface area (Å²) >= 11 is 0. The largest absolute Gasteiger partial charge is 0.507 e. The molecule has 0 bridgehead atoms. The minimum atomic E-state index is -0.877. The molecule has 4 rings (SSSR count). The molecule has 1 N–H and O–H groups in total. The van der Waals surface area contributed by atoms with Gasteiger partial charge >= 0.3 is 0 Å². The van der Waals surface area contributed by atoms with Crippen LogP contribution in [0.2, 0.25) is 0 Å². The van der Waals surface area contributed by atoms with E-state index in [4.69, 9.17) is 9.15 Å². The maximum absolute atomic E-state index is 13.2. The van der Waals surface area contributed by atoms with Crippen LogP contribution in [0.4, 0.5) is 5.69 Å². The molecule has 6 nitrogen and oxygen atoms in total. The quantitative estimate of drug-likeness (QED) is 0.309. The monoisotopic (exact) mass is 445 g/mol. The van der Waals surface area contributed by atoms with E-state index in [1.807, 2.05) is 45.0 Å². The number of hydrogen-bond acceptors (Lipinski definition) is 5. The first-order chi connectivity index (χ1) is 15.8. The lowest BCUT2D eigenvalue weighted by molar-refractivity contribution is -0.132. The van der Waals surface area contributed by atoms with Crippen LogP contribution in [0.15, 0.2) is 64.6 Å². The number of anilines is 1. The van der Waals surface area contributed by atoms with Crippen LogP contribution in [0, 0.1) is 13.8 Å². The number of carbonyl (C=O) groups excluding carboxylic acids is 2. The Labute approximate surface area is 193 Å². The SMILES string of the molecule is CCOc1ccc(/C(O)=C2/C(=O)C(=O)N(c3ccc(CC)cc3)C2c2ccc(C)o2)cc1C. The van der Waals surface area contributed by atoms with E-state index in [2.05, 4.69) is 0 Å². The van der Waals surface area contributed by atoms with Gasteiger partial charge in [-0.1, -0.05) is 19.1 Å². The summed E-state index contributed by atoms with van der Waals surface area (Å²) < 4.78 is 11.4. The Morgan fingerprint density at radius 2 is 1.76 bits per heavy atom. The van der Waals surface area contributed by atoms with Crippen LogP contribution in [-0.2, 0) is 16.0 Å². The highest BCUT2D eigenvalue weighted by Gasteiger charge is 2.48. The molecule has 2 aromatic carbocycles. The second-order valence-electron chi connectivity index (χ2n) is 8.05. The van der Waals surface area contributed by atoms with Crippen LogP contribution in [-0.4, -0.2) is 23.4 Å². The normalized spacial score (nSPS) is 17.6. The number of furan rings is 1. The molecule has 1 fully saturated rings. The van der Waals surface area contributed by atoms with E-state index in [-0.39, 0.29) is 11.3 Å². The molecule has 1 aromatic heterocycles. The van der Waals surface area contributed by atoms with Crippen LogP contribution >= 0.6 is 0 Å². The second-order valence-corrected chi connectivity index (χ2v) is 8.05. The third-order valence-electron chi connectivity index (χ3n) is 5.85. The summed E-state index contributed by atoms with van der Waals surface area (Å²) in [5.41, 5.74) is 2.93. The molecule has 1 saturated heterocycles. The van der Waals surface area contributed by atoms with Gasteiger partial charge in [0, 0.05) is 11.3 Å². The van der Waals surface area contributed by atoms with E-state index < -0.39 is 17.7 Å². The van der Waals surface area contributed by atoms with Crippen molar-refractivity contribution in [2.45, 2.75) is 40.2 Å². The molecule has 170 valence electrons. The first-order valence-corrected chi connectivity index (χ1v) is 11.1. The number of aryl methyl sites for hydroxylation is 3. The van der Waals surface area contributed by atoms with Gasteiger partial charge in [0.15, 0.2) is 0 Å². The lowest BCUT2D eigenvalue weighted by atomic mass is 9.98. The topological polar surface area (TPSA) is 80.0 Å². The van der Waals surface area contributed by atoms with Crippen molar-refractivity contribution in [1.29, 1.82) is 0 Å². The minimum Gasteiger partial charge on any atom is -0.507 e. The van der Waals surface area contributed by atoms with Crippen molar-refractivity contribution in [3.63, 3.8) is 0 Å². The van der Waals surface area contributed by atoms with Crippen molar-refractivity contribution < 1.29 is 23.8 Å². The highest BCUT2D eigenvalue weighted by Crippen LogP contribution is 2.43. The van der Waals surface area contributed by atoms with E-state index in [1.165, 1.54) is 4.90 Å². The van der Waals surface area contributed by atoms with Crippen molar-refractivity contribution in [2.24, 2.45) is 0 Å². The fourth-order valence-electron chi connectivity index (χ4n) is 4.13. The fourth-order valence-corrected chi connectivity index (χ4v) is 4.13. The van der Waals surface area contributed by atoms with E-state index in [0.717, 1.165) is 17.5 Å². The highest BCUT2D eigenvalue weighted by atomic mass is 16.5. The van der Waals surface area contributed by atoms with Crippen LogP contribution in [0.3, 0.4) is 0 Å². The molecule has 6 heteroatoms. The van der Waals surface area contributed by atoms with Crippen molar-refractivity contribution >= 4 is 23.1 Å². The van der Waals surface area contributed by atoms with Gasteiger partial charge in [-0.25, -0.2) is 0 Å². The van der Waals surface area contributed by atoms with Gasteiger partial charge in [-0.05, 0) is 80.8 Å². The Bertz CT molecular complexity index is 1240. The van der Waals surface area contributed by atoms with Gasteiger partial charge in [-0.3, -0.25) is 14.5 Å². The number of aliphatic hydroxyl groups is 1. The summed E-state index contributed by atoms with van der Waals surface area (Å²) in [6, 6.07) is 15.3. The molecule has 0 radical (unpaired) electrons. The Morgan fingerprint density at radius 3 is 2.33 bits per heavy atom. The van der Waals surface area contributed by atoms with Gasteiger partial charge in [0.05, 0.1) is 12.2 Å². The van der Waals surface area contributed by atoms with Crippen molar-refractivity contribution in [3.05, 3.63) is 88.4 Å². The second kappa shape index (κ2) is 8.98. The minimum absolute atomic E-state index is 0.00234. The molecule has 3 aromatic rings. The smallest absolute Gasteiger partial charge is 0.300 e. The molecule has 1 aliphatic heterocycles. The summed E-state index contributed by atoms with van der Waals surface area (Å²) in [7, 11) is 0. The van der Waals surface area contributed by atoms with Crippen LogP contribution in [0.5, 0.6) is 5.75 Å². The molecule has 0 spiro atoms. The Hall–Kier alpha value is -3.80. The number of ketones is 1. The third kappa shape index (κ3) is 4.04. The fraction of sp³-hybridized carbons (Fsp3) is 0.259. The standard InChI is InChI=1S/C27H27NO5/c1-5-18-8-11-20(12-9-18)28-24(22-13-7-17(4)33-22)23(26(30)27(28)31)25(29)19-10-14-21(32-6-2)16(3)15-19/h7-15,24,29H,5-6H2,1-4H3/b25-23-. The zero-order chi connectivity index (χ0) is 23.7. The molecule has 33 heavy (non-hydrogen) atoms. The predicted octanol–water partition coefficient (Wildman–Crippen LogP) is 5.48. The van der Waals surface area contributed by atoms with E-state index >= 15 is 0 Å². The number of rotatable bonds is 6. The number of nitrogens with zero attached hydrogens (tertiary/aromatic N) is 1. The summed E-state index contributed by atoms with van der Waals surface area (Å²) in [5.74, 6) is 0.0550. The van der Waals surface area contributed by atoms with Gasteiger partial charge in [-0.15, -0.1) is 0 Å². The number of Topliss-reactive ketones (excluding diaryl/α,β-unsaturated/α-hetero) is 1. The highest BCUT2D eigenvalue weighted by molar-refractivity contribution is 6.51. The Balaban J connectivity index is 1.87. The van der Waals surface area contributed by atoms with Crippen molar-refractivity contribution in [3.8, 4) is 5.75 Å². The number of benzene rings is 2. The number of ether oxygens (including phenoxy) is 1. The van der Waals surface area contributed by atoms with Gasteiger partial charge in [-0.2, -0.15) is 0 Å². The number of aliphatic hydroxyl groups excluding tert-OH is 1. The number of hydrogen-bond donors (Lipinski definition) is 1.